The monoisotopic (exact) mass is 310 g/mol. The average Bonchev–Trinajstić information content (AvgIpc) is 3.00. The van der Waals surface area contributed by atoms with E-state index in [0.29, 0.717) is 13.2 Å². The summed E-state index contributed by atoms with van der Waals surface area (Å²) in [4.78, 5) is 0. The molecule has 122 valence electrons. The van der Waals surface area contributed by atoms with Crippen LogP contribution in [0.1, 0.15) is 35.6 Å². The lowest BCUT2D eigenvalue weighted by Crippen LogP contribution is -2.06. The van der Waals surface area contributed by atoms with E-state index in [1.54, 1.807) is 5.56 Å². The van der Waals surface area contributed by atoms with Gasteiger partial charge in [0.15, 0.2) is 0 Å². The Morgan fingerprint density at radius 2 is 1.78 bits per heavy atom. The predicted molar refractivity (Wildman–Crippen MR) is 95.4 cm³/mol. The molecule has 0 radical (unpaired) electrons. The van der Waals surface area contributed by atoms with Gasteiger partial charge in [-0.25, -0.2) is 0 Å². The number of hydrogen-bond acceptors (Lipinski definition) is 2. The van der Waals surface area contributed by atoms with Gasteiger partial charge in [-0.05, 0) is 85.5 Å². The van der Waals surface area contributed by atoms with Crippen molar-refractivity contribution in [2.45, 2.75) is 40.0 Å². The highest BCUT2D eigenvalue weighted by molar-refractivity contribution is 5.76. The highest BCUT2D eigenvalue weighted by Gasteiger charge is 2.18. The lowest BCUT2D eigenvalue weighted by atomic mass is 9.90. The summed E-state index contributed by atoms with van der Waals surface area (Å²) in [5.74, 6) is 0.941. The molecule has 0 fully saturated rings. The second-order valence-corrected chi connectivity index (χ2v) is 6.27. The van der Waals surface area contributed by atoms with Crippen LogP contribution in [0.3, 0.4) is 0 Å². The molecule has 1 aliphatic carbocycles. The van der Waals surface area contributed by atoms with Crippen LogP contribution in [0, 0.1) is 13.8 Å². The van der Waals surface area contributed by atoms with Gasteiger partial charge in [-0.3, -0.25) is 0 Å². The summed E-state index contributed by atoms with van der Waals surface area (Å²) < 4.78 is 11.2. The summed E-state index contributed by atoms with van der Waals surface area (Å²) in [5, 5.41) is 0. The first-order valence-electron chi connectivity index (χ1n) is 8.63. The number of aryl methyl sites for hydroxylation is 3. The summed E-state index contributed by atoms with van der Waals surface area (Å²) in [6, 6.07) is 11.1. The summed E-state index contributed by atoms with van der Waals surface area (Å²) in [6.45, 7) is 8.36. The molecule has 2 heteroatoms. The zero-order chi connectivity index (χ0) is 16.2. The van der Waals surface area contributed by atoms with Gasteiger partial charge in [0.1, 0.15) is 12.4 Å². The minimum atomic E-state index is 0.604. The number of ether oxygens (including phenoxy) is 2. The second kappa shape index (κ2) is 7.18. The van der Waals surface area contributed by atoms with Crippen molar-refractivity contribution < 1.29 is 9.47 Å². The molecular weight excluding hydrogens is 284 g/mol. The van der Waals surface area contributed by atoms with Crippen molar-refractivity contribution >= 4 is 0 Å². The Hall–Kier alpha value is -1.80. The number of benzene rings is 2. The molecule has 0 heterocycles. The third kappa shape index (κ3) is 3.42. The van der Waals surface area contributed by atoms with Crippen molar-refractivity contribution in [2.75, 3.05) is 19.8 Å². The largest absolute Gasteiger partial charge is 0.491 e. The van der Waals surface area contributed by atoms with Crippen molar-refractivity contribution in [3.8, 4) is 16.9 Å². The van der Waals surface area contributed by atoms with E-state index in [1.807, 2.05) is 6.92 Å². The quantitative estimate of drug-likeness (QED) is 0.708. The molecule has 3 rings (SSSR count). The van der Waals surface area contributed by atoms with Gasteiger partial charge >= 0.3 is 0 Å². The average molecular weight is 310 g/mol. The van der Waals surface area contributed by atoms with Crippen molar-refractivity contribution in [3.63, 3.8) is 0 Å². The SMILES string of the molecule is CCOCCOc1cc(C)c(-c2cccc3c2CCC3)c(C)c1. The zero-order valence-electron chi connectivity index (χ0n) is 14.4. The zero-order valence-corrected chi connectivity index (χ0v) is 14.4. The lowest BCUT2D eigenvalue weighted by molar-refractivity contribution is 0.110. The maximum Gasteiger partial charge on any atom is 0.119 e. The minimum absolute atomic E-state index is 0.604. The first kappa shape index (κ1) is 16.1. The Balaban J connectivity index is 1.88. The van der Waals surface area contributed by atoms with Crippen LogP contribution >= 0.6 is 0 Å². The van der Waals surface area contributed by atoms with Crippen LogP contribution < -0.4 is 4.74 Å². The van der Waals surface area contributed by atoms with Crippen molar-refractivity contribution in [2.24, 2.45) is 0 Å². The first-order valence-corrected chi connectivity index (χ1v) is 8.63. The molecule has 0 bridgehead atoms. The van der Waals surface area contributed by atoms with Crippen LogP contribution in [0.15, 0.2) is 30.3 Å². The molecule has 0 saturated heterocycles. The molecule has 0 saturated carbocycles. The molecule has 0 aromatic heterocycles. The molecule has 0 unspecified atom stereocenters. The van der Waals surface area contributed by atoms with Crippen LogP contribution in [-0.4, -0.2) is 19.8 Å². The van der Waals surface area contributed by atoms with E-state index >= 15 is 0 Å². The molecule has 2 aromatic rings. The van der Waals surface area contributed by atoms with Crippen LogP contribution in [0.25, 0.3) is 11.1 Å². The molecule has 0 aliphatic heterocycles. The summed E-state index contributed by atoms with van der Waals surface area (Å²) in [7, 11) is 0. The van der Waals surface area contributed by atoms with Gasteiger partial charge in [-0.15, -0.1) is 0 Å². The Morgan fingerprint density at radius 3 is 2.52 bits per heavy atom. The van der Waals surface area contributed by atoms with Gasteiger partial charge in [-0.1, -0.05) is 18.2 Å². The minimum Gasteiger partial charge on any atom is -0.491 e. The predicted octanol–water partition coefficient (Wildman–Crippen LogP) is 4.87. The summed E-state index contributed by atoms with van der Waals surface area (Å²) in [5.41, 5.74) is 8.44. The van der Waals surface area contributed by atoms with Crippen LogP contribution in [-0.2, 0) is 17.6 Å². The van der Waals surface area contributed by atoms with Crippen molar-refractivity contribution in [1.82, 2.24) is 0 Å². The van der Waals surface area contributed by atoms with Crippen molar-refractivity contribution in [3.05, 3.63) is 52.6 Å². The fourth-order valence-electron chi connectivity index (χ4n) is 3.65. The Morgan fingerprint density at radius 1 is 1.00 bits per heavy atom. The van der Waals surface area contributed by atoms with Gasteiger partial charge in [-0.2, -0.15) is 0 Å². The number of rotatable bonds is 6. The van der Waals surface area contributed by atoms with Crippen LogP contribution in [0.4, 0.5) is 0 Å². The Bertz CT molecular complexity index is 665. The summed E-state index contributed by atoms with van der Waals surface area (Å²) >= 11 is 0. The van der Waals surface area contributed by atoms with Gasteiger partial charge in [0.05, 0.1) is 6.61 Å². The maximum absolute atomic E-state index is 5.83. The van der Waals surface area contributed by atoms with E-state index in [4.69, 9.17) is 9.47 Å². The van der Waals surface area contributed by atoms with Gasteiger partial charge in [0.2, 0.25) is 0 Å². The Kier molecular flexibility index (Phi) is 5.02. The molecule has 2 aromatic carbocycles. The fraction of sp³-hybridized carbons (Fsp3) is 0.429. The topological polar surface area (TPSA) is 18.5 Å². The van der Waals surface area contributed by atoms with Gasteiger partial charge in [0, 0.05) is 6.61 Å². The maximum atomic E-state index is 5.83. The van der Waals surface area contributed by atoms with Crippen LogP contribution in [0.2, 0.25) is 0 Å². The summed E-state index contributed by atoms with van der Waals surface area (Å²) in [6.07, 6.45) is 3.71. The second-order valence-electron chi connectivity index (χ2n) is 6.27. The third-order valence-electron chi connectivity index (χ3n) is 4.62. The van der Waals surface area contributed by atoms with E-state index in [0.717, 1.165) is 12.4 Å². The molecule has 0 amide bonds. The lowest BCUT2D eigenvalue weighted by Gasteiger charge is -2.16. The molecule has 2 nitrogen and oxygen atoms in total. The van der Waals surface area contributed by atoms with Crippen molar-refractivity contribution in [1.29, 1.82) is 0 Å². The standard InChI is InChI=1S/C21H26O2/c1-4-22-11-12-23-18-13-15(2)21(16(3)14-18)20-10-6-8-17-7-5-9-19(17)20/h6,8,10,13-14H,4-5,7,9,11-12H2,1-3H3. The van der Waals surface area contributed by atoms with Gasteiger partial charge < -0.3 is 9.47 Å². The smallest absolute Gasteiger partial charge is 0.119 e. The van der Waals surface area contributed by atoms with E-state index in [1.165, 1.54) is 47.1 Å². The van der Waals surface area contributed by atoms with Crippen LogP contribution in [0.5, 0.6) is 5.75 Å². The van der Waals surface area contributed by atoms with E-state index in [2.05, 4.69) is 44.2 Å². The molecule has 0 atom stereocenters. The first-order chi connectivity index (χ1) is 11.2. The molecule has 0 spiro atoms. The van der Waals surface area contributed by atoms with Gasteiger partial charge in [0.25, 0.3) is 0 Å². The third-order valence-corrected chi connectivity index (χ3v) is 4.62. The highest BCUT2D eigenvalue weighted by atomic mass is 16.5. The Labute approximate surface area is 139 Å². The fourth-order valence-corrected chi connectivity index (χ4v) is 3.65. The number of hydrogen-bond donors (Lipinski definition) is 0. The molecule has 23 heavy (non-hydrogen) atoms. The molecule has 1 aliphatic rings. The normalized spacial score (nSPS) is 13.2. The van der Waals surface area contributed by atoms with E-state index in [9.17, 15) is 0 Å². The molecule has 0 N–H and O–H groups in total. The van der Waals surface area contributed by atoms with E-state index < -0.39 is 0 Å². The molecular formula is C21H26O2. The van der Waals surface area contributed by atoms with E-state index in [-0.39, 0.29) is 0 Å². The highest BCUT2D eigenvalue weighted by Crippen LogP contribution is 2.37. The number of fused-ring (bicyclic) bond motifs is 1.